The molecular weight excluding hydrogens is 355 g/mol. The van der Waals surface area contributed by atoms with Crippen molar-refractivity contribution in [2.45, 2.75) is 37.4 Å². The van der Waals surface area contributed by atoms with E-state index in [4.69, 9.17) is 4.74 Å². The van der Waals surface area contributed by atoms with Gasteiger partial charge in [0.25, 0.3) is 0 Å². The molecule has 1 unspecified atom stereocenters. The number of aliphatic hydroxyl groups excluding tert-OH is 2. The molecule has 10 heteroatoms. The van der Waals surface area contributed by atoms with E-state index in [1.807, 2.05) is 0 Å². The van der Waals surface area contributed by atoms with Crippen LogP contribution in [0.2, 0.25) is 0 Å². The molecule has 1 saturated heterocycles. The third-order valence-corrected chi connectivity index (χ3v) is 4.49. The van der Waals surface area contributed by atoms with E-state index in [1.54, 1.807) is 0 Å². The monoisotopic (exact) mass is 376 g/mol. The lowest BCUT2D eigenvalue weighted by Gasteiger charge is -2.14. The molecule has 1 aromatic carbocycles. The summed E-state index contributed by atoms with van der Waals surface area (Å²) >= 11 is 0. The summed E-state index contributed by atoms with van der Waals surface area (Å²) in [6, 6.07) is 5.63. The van der Waals surface area contributed by atoms with Gasteiger partial charge in [-0.3, -0.25) is 4.79 Å². The first kappa shape index (κ1) is 19.7. The largest absolute Gasteiger partial charge is 0.388 e. The maximum Gasteiger partial charge on any atom is 0.222 e. The Labute approximate surface area is 145 Å². The van der Waals surface area contributed by atoms with E-state index < -0.39 is 40.3 Å². The summed E-state index contributed by atoms with van der Waals surface area (Å²) in [7, 11) is -3.46. The molecule has 0 aromatic heterocycles. The highest BCUT2D eigenvalue weighted by atomic mass is 32.2. The van der Waals surface area contributed by atoms with Crippen molar-refractivity contribution in [2.75, 3.05) is 12.8 Å². The highest BCUT2D eigenvalue weighted by Gasteiger charge is 2.43. The smallest absolute Gasteiger partial charge is 0.222 e. The first-order valence-corrected chi connectivity index (χ1v) is 9.52. The van der Waals surface area contributed by atoms with Gasteiger partial charge in [0.2, 0.25) is 15.9 Å². The zero-order valence-electron chi connectivity index (χ0n) is 13.6. The van der Waals surface area contributed by atoms with Crippen LogP contribution in [0.25, 0.3) is 0 Å². The summed E-state index contributed by atoms with van der Waals surface area (Å²) in [5.74, 6) is -0.794. The van der Waals surface area contributed by atoms with E-state index in [1.165, 1.54) is 24.3 Å². The first-order chi connectivity index (χ1) is 11.7. The molecule has 1 fully saturated rings. The van der Waals surface area contributed by atoms with Crippen LogP contribution >= 0.6 is 0 Å². The molecule has 2 rings (SSSR count). The van der Waals surface area contributed by atoms with Gasteiger partial charge >= 0.3 is 0 Å². The summed E-state index contributed by atoms with van der Waals surface area (Å²) in [6.45, 7) is -0.0195. The molecule has 0 saturated carbocycles. The molecule has 1 heterocycles. The number of benzene rings is 1. The van der Waals surface area contributed by atoms with E-state index in [-0.39, 0.29) is 25.3 Å². The summed E-state index contributed by atoms with van der Waals surface area (Å²) in [5, 5.41) is 22.4. The number of halogens is 1. The van der Waals surface area contributed by atoms with Gasteiger partial charge in [-0.15, -0.1) is 0 Å². The van der Waals surface area contributed by atoms with E-state index in [9.17, 15) is 27.8 Å². The van der Waals surface area contributed by atoms with Crippen LogP contribution in [0.3, 0.4) is 0 Å². The fraction of sp³-hybridized carbons (Fsp3) is 0.533. The third kappa shape index (κ3) is 6.01. The number of rotatable bonds is 7. The maximum absolute atomic E-state index is 12.8. The van der Waals surface area contributed by atoms with Crippen LogP contribution in [-0.2, 0) is 26.1 Å². The molecule has 0 aliphatic carbocycles. The number of amides is 1. The second-order valence-electron chi connectivity index (χ2n) is 5.92. The number of hydrogen-bond donors (Lipinski definition) is 4. The first-order valence-electron chi connectivity index (χ1n) is 7.63. The minimum absolute atomic E-state index is 0.184. The van der Waals surface area contributed by atoms with Crippen molar-refractivity contribution >= 4 is 15.9 Å². The molecule has 8 nitrogen and oxygen atoms in total. The Morgan fingerprint density at radius 1 is 1.20 bits per heavy atom. The highest BCUT2D eigenvalue weighted by Crippen LogP contribution is 2.23. The average Bonchev–Trinajstić information content (AvgIpc) is 2.80. The molecule has 140 valence electrons. The molecule has 25 heavy (non-hydrogen) atoms. The fourth-order valence-electron chi connectivity index (χ4n) is 2.45. The fourth-order valence-corrected chi connectivity index (χ4v) is 2.92. The van der Waals surface area contributed by atoms with Gasteiger partial charge in [-0.1, -0.05) is 12.1 Å². The lowest BCUT2D eigenvalue weighted by atomic mass is 10.1. The lowest BCUT2D eigenvalue weighted by Crippen LogP contribution is -2.39. The van der Waals surface area contributed by atoms with Gasteiger partial charge < -0.3 is 20.3 Å². The molecule has 4 atom stereocenters. The summed E-state index contributed by atoms with van der Waals surface area (Å²) in [6.07, 6.45) is -3.73. The SMILES string of the molecule is CS(=O)(=O)NC[C@H]1O[C@@H](CC(=O)NCc2ccc(F)cc2)C(O)[C@@H]1O. The third-order valence-electron chi connectivity index (χ3n) is 3.80. The summed E-state index contributed by atoms with van der Waals surface area (Å²) in [5.41, 5.74) is 0.706. The van der Waals surface area contributed by atoms with Crippen molar-refractivity contribution in [2.24, 2.45) is 0 Å². The number of carbonyl (C=O) groups excluding carboxylic acids is 1. The molecule has 1 aliphatic heterocycles. The zero-order chi connectivity index (χ0) is 18.6. The van der Waals surface area contributed by atoms with Gasteiger partial charge in [0, 0.05) is 13.1 Å². The lowest BCUT2D eigenvalue weighted by molar-refractivity contribution is -0.125. The topological polar surface area (TPSA) is 125 Å². The predicted molar refractivity (Wildman–Crippen MR) is 86.4 cm³/mol. The van der Waals surface area contributed by atoms with E-state index in [2.05, 4.69) is 10.0 Å². The van der Waals surface area contributed by atoms with Crippen molar-refractivity contribution in [3.63, 3.8) is 0 Å². The van der Waals surface area contributed by atoms with Crippen LogP contribution in [0.1, 0.15) is 12.0 Å². The minimum Gasteiger partial charge on any atom is -0.388 e. The molecule has 1 amide bonds. The Balaban J connectivity index is 1.82. The molecule has 0 spiro atoms. The number of aliphatic hydroxyl groups is 2. The Morgan fingerprint density at radius 3 is 2.40 bits per heavy atom. The van der Waals surface area contributed by atoms with Crippen LogP contribution in [-0.4, -0.2) is 61.8 Å². The summed E-state index contributed by atoms with van der Waals surface area (Å²) in [4.78, 5) is 11.9. The number of hydrogen-bond acceptors (Lipinski definition) is 6. The molecule has 0 radical (unpaired) electrons. The number of ether oxygens (including phenoxy) is 1. The van der Waals surface area contributed by atoms with Crippen LogP contribution in [0.4, 0.5) is 4.39 Å². The minimum atomic E-state index is -3.46. The Kier molecular flexibility index (Phi) is 6.47. The number of carbonyl (C=O) groups is 1. The second kappa shape index (κ2) is 8.19. The van der Waals surface area contributed by atoms with E-state index >= 15 is 0 Å². The second-order valence-corrected chi connectivity index (χ2v) is 7.76. The Morgan fingerprint density at radius 2 is 1.80 bits per heavy atom. The standard InChI is InChI=1S/C15H21FN2O6S/c1-25(22,23)18-8-12-15(21)14(20)11(24-12)6-13(19)17-7-9-2-4-10(16)5-3-9/h2-5,11-12,14-15,18,20-21H,6-8H2,1H3,(H,17,19)/t11-,12+,14?,15+/m0/s1. The Bertz CT molecular complexity index is 696. The van der Waals surface area contributed by atoms with Crippen LogP contribution in [0.15, 0.2) is 24.3 Å². The predicted octanol–water partition coefficient (Wildman–Crippen LogP) is -1.13. The summed E-state index contributed by atoms with van der Waals surface area (Å²) < 4.78 is 42.5. The van der Waals surface area contributed by atoms with Gasteiger partial charge in [0.1, 0.15) is 24.1 Å². The van der Waals surface area contributed by atoms with Gasteiger partial charge in [-0.25, -0.2) is 17.5 Å². The number of sulfonamides is 1. The maximum atomic E-state index is 12.8. The van der Waals surface area contributed by atoms with Gasteiger partial charge in [0.05, 0.1) is 18.8 Å². The zero-order valence-corrected chi connectivity index (χ0v) is 14.4. The van der Waals surface area contributed by atoms with Crippen molar-refractivity contribution in [1.82, 2.24) is 10.0 Å². The average molecular weight is 376 g/mol. The Hall–Kier alpha value is -1.59. The van der Waals surface area contributed by atoms with Gasteiger partial charge in [0.15, 0.2) is 0 Å². The van der Waals surface area contributed by atoms with E-state index in [0.29, 0.717) is 5.56 Å². The van der Waals surface area contributed by atoms with Crippen molar-refractivity contribution in [3.8, 4) is 0 Å². The van der Waals surface area contributed by atoms with E-state index in [0.717, 1.165) is 6.26 Å². The molecule has 0 bridgehead atoms. The number of nitrogens with one attached hydrogen (secondary N) is 2. The van der Waals surface area contributed by atoms with Crippen LogP contribution in [0, 0.1) is 5.82 Å². The molecule has 1 aliphatic rings. The van der Waals surface area contributed by atoms with Gasteiger partial charge in [-0.05, 0) is 17.7 Å². The quantitative estimate of drug-likeness (QED) is 0.477. The van der Waals surface area contributed by atoms with Crippen LogP contribution < -0.4 is 10.0 Å². The van der Waals surface area contributed by atoms with Crippen LogP contribution in [0.5, 0.6) is 0 Å². The molecule has 4 N–H and O–H groups in total. The normalized spacial score (nSPS) is 26.6. The van der Waals surface area contributed by atoms with Crippen molar-refractivity contribution in [3.05, 3.63) is 35.6 Å². The van der Waals surface area contributed by atoms with Crippen molar-refractivity contribution < 1.29 is 32.6 Å². The highest BCUT2D eigenvalue weighted by molar-refractivity contribution is 7.88. The van der Waals surface area contributed by atoms with Gasteiger partial charge in [-0.2, -0.15) is 0 Å². The molecule has 1 aromatic rings. The van der Waals surface area contributed by atoms with Crippen molar-refractivity contribution in [1.29, 1.82) is 0 Å². The molecular formula is C15H21FN2O6S.